The number of nitrogens with zero attached hydrogens (tertiary/aromatic N) is 2. The van der Waals surface area contributed by atoms with Crippen LogP contribution >= 0.6 is 0 Å². The van der Waals surface area contributed by atoms with Crippen molar-refractivity contribution >= 4 is 5.91 Å². The predicted octanol–water partition coefficient (Wildman–Crippen LogP) is 1.32. The normalized spacial score (nSPS) is 29.8. The zero-order chi connectivity index (χ0) is 13.8. The lowest BCUT2D eigenvalue weighted by molar-refractivity contribution is -0.136. The lowest BCUT2D eigenvalue weighted by Crippen LogP contribution is -2.56. The first kappa shape index (κ1) is 14.8. The zero-order valence-electron chi connectivity index (χ0n) is 12.7. The van der Waals surface area contributed by atoms with E-state index in [4.69, 9.17) is 0 Å². The lowest BCUT2D eigenvalue weighted by atomic mass is 9.98. The van der Waals surface area contributed by atoms with Gasteiger partial charge in [-0.05, 0) is 32.1 Å². The molecule has 0 aliphatic carbocycles. The molecule has 2 atom stereocenters. The number of carbonyl (C=O) groups is 1. The van der Waals surface area contributed by atoms with E-state index in [1.54, 1.807) is 0 Å². The highest BCUT2D eigenvalue weighted by Gasteiger charge is 2.29. The molecule has 2 unspecified atom stereocenters. The summed E-state index contributed by atoms with van der Waals surface area (Å²) in [6, 6.07) is 0.560. The standard InChI is InChI=1S/C15H29N3O/c1-12(2)11-17-7-9-18(10-8-17)15(19)14-6-4-5-13(3)16-14/h12-14,16H,4-11H2,1-3H3. The number of carbonyl (C=O) groups excluding carboxylic acids is 1. The van der Waals surface area contributed by atoms with E-state index in [-0.39, 0.29) is 6.04 Å². The molecule has 0 aromatic carbocycles. The van der Waals surface area contributed by atoms with Crippen LogP contribution in [0.5, 0.6) is 0 Å². The first-order valence-corrected chi connectivity index (χ1v) is 7.83. The minimum Gasteiger partial charge on any atom is -0.339 e. The van der Waals surface area contributed by atoms with Crippen LogP contribution in [-0.2, 0) is 4.79 Å². The van der Waals surface area contributed by atoms with E-state index in [0.717, 1.165) is 39.1 Å². The van der Waals surface area contributed by atoms with Crippen molar-refractivity contribution in [3.05, 3.63) is 0 Å². The maximum absolute atomic E-state index is 12.5. The third-order valence-corrected chi connectivity index (χ3v) is 4.22. The number of rotatable bonds is 3. The maximum Gasteiger partial charge on any atom is 0.239 e. The summed E-state index contributed by atoms with van der Waals surface area (Å²) in [6.45, 7) is 11.7. The average Bonchev–Trinajstić information content (AvgIpc) is 2.38. The number of amides is 1. The molecule has 2 rings (SSSR count). The molecule has 1 N–H and O–H groups in total. The van der Waals surface area contributed by atoms with Gasteiger partial charge in [0.15, 0.2) is 0 Å². The lowest BCUT2D eigenvalue weighted by Gasteiger charge is -2.38. The van der Waals surface area contributed by atoms with Crippen LogP contribution < -0.4 is 5.32 Å². The monoisotopic (exact) mass is 267 g/mol. The van der Waals surface area contributed by atoms with E-state index in [0.29, 0.717) is 17.9 Å². The number of nitrogens with one attached hydrogen (secondary N) is 1. The number of piperazine rings is 1. The fraction of sp³-hybridized carbons (Fsp3) is 0.933. The van der Waals surface area contributed by atoms with E-state index in [9.17, 15) is 4.79 Å². The van der Waals surface area contributed by atoms with E-state index >= 15 is 0 Å². The Morgan fingerprint density at radius 3 is 2.47 bits per heavy atom. The van der Waals surface area contributed by atoms with Gasteiger partial charge in [0.1, 0.15) is 0 Å². The van der Waals surface area contributed by atoms with Crippen LogP contribution in [0.15, 0.2) is 0 Å². The minimum absolute atomic E-state index is 0.0698. The van der Waals surface area contributed by atoms with Gasteiger partial charge >= 0.3 is 0 Å². The molecule has 0 spiro atoms. The van der Waals surface area contributed by atoms with Crippen LogP contribution in [0.25, 0.3) is 0 Å². The summed E-state index contributed by atoms with van der Waals surface area (Å²) >= 11 is 0. The summed E-state index contributed by atoms with van der Waals surface area (Å²) in [5.74, 6) is 1.04. The third kappa shape index (κ3) is 4.18. The van der Waals surface area contributed by atoms with Gasteiger partial charge in [-0.3, -0.25) is 9.69 Å². The molecule has 2 fully saturated rings. The van der Waals surface area contributed by atoms with Crippen LogP contribution in [0.1, 0.15) is 40.0 Å². The molecule has 2 aliphatic rings. The van der Waals surface area contributed by atoms with Gasteiger partial charge in [-0.15, -0.1) is 0 Å². The zero-order valence-corrected chi connectivity index (χ0v) is 12.7. The molecular weight excluding hydrogens is 238 g/mol. The number of piperidine rings is 1. The van der Waals surface area contributed by atoms with Gasteiger partial charge in [0.2, 0.25) is 5.91 Å². The first-order valence-electron chi connectivity index (χ1n) is 7.83. The number of hydrogen-bond acceptors (Lipinski definition) is 3. The molecule has 4 heteroatoms. The SMILES string of the molecule is CC(C)CN1CCN(C(=O)C2CCCC(C)N2)CC1. The van der Waals surface area contributed by atoms with Gasteiger partial charge in [-0.2, -0.15) is 0 Å². The Hall–Kier alpha value is -0.610. The maximum atomic E-state index is 12.5. The van der Waals surface area contributed by atoms with Gasteiger partial charge in [0.05, 0.1) is 6.04 Å². The van der Waals surface area contributed by atoms with Gasteiger partial charge in [0, 0.05) is 38.8 Å². The molecule has 0 saturated carbocycles. The molecule has 110 valence electrons. The molecule has 0 bridgehead atoms. The Morgan fingerprint density at radius 1 is 1.21 bits per heavy atom. The summed E-state index contributed by atoms with van der Waals surface area (Å²) in [5.41, 5.74) is 0. The van der Waals surface area contributed by atoms with E-state index in [2.05, 4.69) is 35.9 Å². The fourth-order valence-corrected chi connectivity index (χ4v) is 3.22. The van der Waals surface area contributed by atoms with Crippen LogP contribution in [0.4, 0.5) is 0 Å². The van der Waals surface area contributed by atoms with Crippen molar-refractivity contribution in [2.24, 2.45) is 5.92 Å². The highest BCUT2D eigenvalue weighted by atomic mass is 16.2. The van der Waals surface area contributed by atoms with E-state index < -0.39 is 0 Å². The highest BCUT2D eigenvalue weighted by molar-refractivity contribution is 5.82. The summed E-state index contributed by atoms with van der Waals surface area (Å²) in [5, 5.41) is 3.45. The highest BCUT2D eigenvalue weighted by Crippen LogP contribution is 2.15. The van der Waals surface area contributed by atoms with Crippen LogP contribution in [0.2, 0.25) is 0 Å². The van der Waals surface area contributed by atoms with E-state index in [1.807, 2.05) is 0 Å². The Kier molecular flexibility index (Phi) is 5.22. The Morgan fingerprint density at radius 2 is 1.89 bits per heavy atom. The fourth-order valence-electron chi connectivity index (χ4n) is 3.22. The van der Waals surface area contributed by atoms with Crippen molar-refractivity contribution in [1.82, 2.24) is 15.1 Å². The third-order valence-electron chi connectivity index (χ3n) is 4.22. The molecule has 2 heterocycles. The Balaban J connectivity index is 1.78. The van der Waals surface area contributed by atoms with E-state index in [1.165, 1.54) is 12.8 Å². The second-order valence-corrected chi connectivity index (χ2v) is 6.57. The average molecular weight is 267 g/mol. The topological polar surface area (TPSA) is 35.6 Å². The molecule has 1 amide bonds. The molecule has 0 aromatic heterocycles. The molecule has 2 aliphatic heterocycles. The summed E-state index contributed by atoms with van der Waals surface area (Å²) < 4.78 is 0. The first-order chi connectivity index (χ1) is 9.06. The largest absolute Gasteiger partial charge is 0.339 e. The van der Waals surface area contributed by atoms with Crippen molar-refractivity contribution in [3.63, 3.8) is 0 Å². The van der Waals surface area contributed by atoms with Gasteiger partial charge in [-0.25, -0.2) is 0 Å². The Bertz CT molecular complexity index is 298. The summed E-state index contributed by atoms with van der Waals surface area (Å²) in [6.07, 6.45) is 3.39. The van der Waals surface area contributed by atoms with Gasteiger partial charge in [0.25, 0.3) is 0 Å². The minimum atomic E-state index is 0.0698. The van der Waals surface area contributed by atoms with Crippen molar-refractivity contribution in [3.8, 4) is 0 Å². The van der Waals surface area contributed by atoms with Crippen LogP contribution in [-0.4, -0.2) is 60.5 Å². The number of hydrogen-bond donors (Lipinski definition) is 1. The Labute approximate surface area is 117 Å². The predicted molar refractivity (Wildman–Crippen MR) is 78.1 cm³/mol. The molecule has 2 saturated heterocycles. The second kappa shape index (κ2) is 6.71. The smallest absolute Gasteiger partial charge is 0.239 e. The van der Waals surface area contributed by atoms with Crippen molar-refractivity contribution in [1.29, 1.82) is 0 Å². The van der Waals surface area contributed by atoms with Crippen LogP contribution in [0, 0.1) is 5.92 Å². The quantitative estimate of drug-likeness (QED) is 0.837. The summed E-state index contributed by atoms with van der Waals surface area (Å²) in [7, 11) is 0. The second-order valence-electron chi connectivity index (χ2n) is 6.57. The van der Waals surface area contributed by atoms with Crippen molar-refractivity contribution in [2.75, 3.05) is 32.7 Å². The van der Waals surface area contributed by atoms with Gasteiger partial charge in [-0.1, -0.05) is 13.8 Å². The molecule has 4 nitrogen and oxygen atoms in total. The molecule has 19 heavy (non-hydrogen) atoms. The molecule has 0 radical (unpaired) electrons. The molecular formula is C15H29N3O. The van der Waals surface area contributed by atoms with Gasteiger partial charge < -0.3 is 10.2 Å². The van der Waals surface area contributed by atoms with Crippen LogP contribution in [0.3, 0.4) is 0 Å². The van der Waals surface area contributed by atoms with Crippen molar-refractivity contribution in [2.45, 2.75) is 52.1 Å². The van der Waals surface area contributed by atoms with Crippen molar-refractivity contribution < 1.29 is 4.79 Å². The molecule has 0 aromatic rings. The summed E-state index contributed by atoms with van der Waals surface area (Å²) in [4.78, 5) is 17.0.